The second-order valence-electron chi connectivity index (χ2n) is 6.12. The predicted octanol–water partition coefficient (Wildman–Crippen LogP) is 3.54. The third-order valence-electron chi connectivity index (χ3n) is 4.54. The number of rotatable bonds is 4. The van der Waals surface area contributed by atoms with E-state index in [1.165, 1.54) is 44.6 Å². The summed E-state index contributed by atoms with van der Waals surface area (Å²) >= 11 is 0. The fourth-order valence-electron chi connectivity index (χ4n) is 3.35. The highest BCUT2D eigenvalue weighted by Gasteiger charge is 2.28. The lowest BCUT2D eigenvalue weighted by Gasteiger charge is -2.13. The van der Waals surface area contributed by atoms with E-state index in [4.69, 9.17) is 0 Å². The molecule has 2 saturated carbocycles. The molecule has 0 radical (unpaired) electrons. The Balaban J connectivity index is 1.64. The molecule has 0 saturated heterocycles. The Morgan fingerprint density at radius 1 is 1.20 bits per heavy atom. The lowest BCUT2D eigenvalue weighted by molar-refractivity contribution is 0.502. The number of nitrogens with one attached hydrogen (secondary N) is 1. The molecule has 2 aromatic rings. The lowest BCUT2D eigenvalue weighted by atomic mass is 10.2. The molecule has 0 unspecified atom stereocenters. The standard InChI is InChI=1S/C16H20FN3/c17-11-5-8-15-14(9-11)19-16(20(15)13-6-7-13)10-18-12-3-1-2-4-12/h5,8-9,12-13,18H,1-4,6-7,10H2. The van der Waals surface area contributed by atoms with Gasteiger partial charge in [0.1, 0.15) is 11.6 Å². The molecular formula is C16H20FN3. The maximum atomic E-state index is 13.4. The second-order valence-corrected chi connectivity index (χ2v) is 6.12. The highest BCUT2D eigenvalue weighted by atomic mass is 19.1. The van der Waals surface area contributed by atoms with E-state index in [1.807, 2.05) is 6.07 Å². The molecule has 2 aliphatic carbocycles. The molecule has 3 nitrogen and oxygen atoms in total. The van der Waals surface area contributed by atoms with Gasteiger partial charge in [-0.3, -0.25) is 0 Å². The number of nitrogens with zero attached hydrogens (tertiary/aromatic N) is 2. The van der Waals surface area contributed by atoms with E-state index >= 15 is 0 Å². The van der Waals surface area contributed by atoms with Gasteiger partial charge in [0.25, 0.3) is 0 Å². The van der Waals surface area contributed by atoms with E-state index in [-0.39, 0.29) is 5.82 Å². The zero-order valence-corrected chi connectivity index (χ0v) is 11.6. The fraction of sp³-hybridized carbons (Fsp3) is 0.562. The Bertz CT molecular complexity index is 624. The van der Waals surface area contributed by atoms with Crippen molar-refractivity contribution in [2.45, 2.75) is 57.2 Å². The summed E-state index contributed by atoms with van der Waals surface area (Å²) in [6, 6.07) is 6.17. The summed E-state index contributed by atoms with van der Waals surface area (Å²) in [6.45, 7) is 0.803. The molecule has 0 aliphatic heterocycles. The van der Waals surface area contributed by atoms with Gasteiger partial charge < -0.3 is 9.88 Å². The summed E-state index contributed by atoms with van der Waals surface area (Å²) in [6.07, 6.45) is 7.67. The minimum atomic E-state index is -0.201. The van der Waals surface area contributed by atoms with E-state index < -0.39 is 0 Å². The van der Waals surface area contributed by atoms with Gasteiger partial charge in [0.2, 0.25) is 0 Å². The smallest absolute Gasteiger partial charge is 0.125 e. The van der Waals surface area contributed by atoms with Crippen molar-refractivity contribution in [1.82, 2.24) is 14.9 Å². The molecule has 0 atom stereocenters. The molecule has 2 aliphatic rings. The summed E-state index contributed by atoms with van der Waals surface area (Å²) in [5, 5.41) is 3.62. The maximum absolute atomic E-state index is 13.4. The van der Waals surface area contributed by atoms with Crippen LogP contribution in [0.4, 0.5) is 4.39 Å². The Labute approximate surface area is 118 Å². The van der Waals surface area contributed by atoms with Gasteiger partial charge >= 0.3 is 0 Å². The van der Waals surface area contributed by atoms with Gasteiger partial charge in [-0.25, -0.2) is 9.37 Å². The van der Waals surface area contributed by atoms with E-state index in [2.05, 4.69) is 14.9 Å². The quantitative estimate of drug-likeness (QED) is 0.923. The normalized spacial score (nSPS) is 20.1. The number of aromatic nitrogens is 2. The van der Waals surface area contributed by atoms with Crippen molar-refractivity contribution in [3.05, 3.63) is 29.8 Å². The minimum absolute atomic E-state index is 0.201. The lowest BCUT2D eigenvalue weighted by Crippen LogP contribution is -2.26. The first-order valence-corrected chi connectivity index (χ1v) is 7.71. The Kier molecular flexibility index (Phi) is 2.99. The Morgan fingerprint density at radius 3 is 2.75 bits per heavy atom. The number of hydrogen-bond acceptors (Lipinski definition) is 2. The number of benzene rings is 1. The van der Waals surface area contributed by atoms with Crippen molar-refractivity contribution in [3.63, 3.8) is 0 Å². The molecule has 1 heterocycles. The molecule has 0 amide bonds. The molecule has 0 spiro atoms. The van der Waals surface area contributed by atoms with Crippen LogP contribution in [0.3, 0.4) is 0 Å². The topological polar surface area (TPSA) is 29.9 Å². The fourth-order valence-corrected chi connectivity index (χ4v) is 3.35. The van der Waals surface area contributed by atoms with Gasteiger partial charge in [0.05, 0.1) is 17.6 Å². The van der Waals surface area contributed by atoms with Gasteiger partial charge in [-0.2, -0.15) is 0 Å². The molecule has 106 valence electrons. The van der Waals surface area contributed by atoms with Gasteiger partial charge in [-0.15, -0.1) is 0 Å². The number of halogens is 1. The zero-order chi connectivity index (χ0) is 13.5. The van der Waals surface area contributed by atoms with E-state index in [9.17, 15) is 4.39 Å². The molecule has 1 aromatic carbocycles. The molecule has 0 bridgehead atoms. The molecule has 1 aromatic heterocycles. The van der Waals surface area contributed by atoms with Crippen LogP contribution in [-0.2, 0) is 6.54 Å². The monoisotopic (exact) mass is 273 g/mol. The maximum Gasteiger partial charge on any atom is 0.125 e. The Morgan fingerprint density at radius 2 is 2.00 bits per heavy atom. The van der Waals surface area contributed by atoms with Crippen LogP contribution in [0.15, 0.2) is 18.2 Å². The van der Waals surface area contributed by atoms with Crippen molar-refractivity contribution in [1.29, 1.82) is 0 Å². The van der Waals surface area contributed by atoms with Crippen LogP contribution < -0.4 is 5.32 Å². The summed E-state index contributed by atoms with van der Waals surface area (Å²) in [4.78, 5) is 4.66. The van der Waals surface area contributed by atoms with Crippen LogP contribution in [0.1, 0.15) is 50.4 Å². The predicted molar refractivity (Wildman–Crippen MR) is 77.1 cm³/mol. The van der Waals surface area contributed by atoms with Gasteiger partial charge in [-0.1, -0.05) is 12.8 Å². The van der Waals surface area contributed by atoms with Crippen LogP contribution in [0.5, 0.6) is 0 Å². The Hall–Kier alpha value is -1.42. The number of fused-ring (bicyclic) bond motifs is 1. The van der Waals surface area contributed by atoms with Gasteiger partial charge in [0, 0.05) is 18.2 Å². The molecular weight excluding hydrogens is 253 g/mol. The summed E-state index contributed by atoms with van der Waals surface area (Å²) in [5.41, 5.74) is 1.87. The third-order valence-corrected chi connectivity index (χ3v) is 4.54. The van der Waals surface area contributed by atoms with Crippen LogP contribution in [0.25, 0.3) is 11.0 Å². The van der Waals surface area contributed by atoms with Crippen molar-refractivity contribution in [3.8, 4) is 0 Å². The van der Waals surface area contributed by atoms with Crippen LogP contribution >= 0.6 is 0 Å². The molecule has 1 N–H and O–H groups in total. The van der Waals surface area contributed by atoms with Gasteiger partial charge in [-0.05, 0) is 37.8 Å². The van der Waals surface area contributed by atoms with E-state index in [0.717, 1.165) is 23.4 Å². The van der Waals surface area contributed by atoms with Crippen molar-refractivity contribution >= 4 is 11.0 Å². The highest BCUT2D eigenvalue weighted by Crippen LogP contribution is 2.38. The third kappa shape index (κ3) is 2.22. The average Bonchev–Trinajstić information content (AvgIpc) is 3.01. The SMILES string of the molecule is Fc1ccc2c(c1)nc(CNC1CCCC1)n2C1CC1. The first-order chi connectivity index (χ1) is 9.81. The first kappa shape index (κ1) is 12.3. The molecule has 20 heavy (non-hydrogen) atoms. The number of hydrogen-bond donors (Lipinski definition) is 1. The highest BCUT2D eigenvalue weighted by molar-refractivity contribution is 5.76. The van der Waals surface area contributed by atoms with Crippen molar-refractivity contribution < 1.29 is 4.39 Å². The first-order valence-electron chi connectivity index (χ1n) is 7.71. The molecule has 4 rings (SSSR count). The van der Waals surface area contributed by atoms with Crippen molar-refractivity contribution in [2.24, 2.45) is 0 Å². The minimum Gasteiger partial charge on any atom is -0.324 e. The summed E-state index contributed by atoms with van der Waals surface area (Å²) in [5.74, 6) is 0.869. The van der Waals surface area contributed by atoms with E-state index in [0.29, 0.717) is 12.1 Å². The number of imidazole rings is 1. The zero-order valence-electron chi connectivity index (χ0n) is 11.6. The van der Waals surface area contributed by atoms with Crippen molar-refractivity contribution in [2.75, 3.05) is 0 Å². The van der Waals surface area contributed by atoms with Crippen LogP contribution in [-0.4, -0.2) is 15.6 Å². The second kappa shape index (κ2) is 4.85. The average molecular weight is 273 g/mol. The molecule has 2 fully saturated rings. The van der Waals surface area contributed by atoms with Crippen LogP contribution in [0, 0.1) is 5.82 Å². The molecule has 4 heteroatoms. The summed E-state index contributed by atoms with van der Waals surface area (Å²) < 4.78 is 15.7. The summed E-state index contributed by atoms with van der Waals surface area (Å²) in [7, 11) is 0. The largest absolute Gasteiger partial charge is 0.324 e. The van der Waals surface area contributed by atoms with E-state index in [1.54, 1.807) is 6.07 Å². The van der Waals surface area contributed by atoms with Crippen LogP contribution in [0.2, 0.25) is 0 Å². The van der Waals surface area contributed by atoms with Gasteiger partial charge in [0.15, 0.2) is 0 Å².